The molecule has 1 aliphatic carbocycles. The van der Waals surface area contributed by atoms with Crippen molar-refractivity contribution in [1.29, 1.82) is 0 Å². The number of benzene rings is 1. The Bertz CT molecular complexity index is 633. The summed E-state index contributed by atoms with van der Waals surface area (Å²) in [5, 5.41) is 0. The topological polar surface area (TPSA) is 43.8 Å². The van der Waals surface area contributed by atoms with Crippen molar-refractivity contribution in [2.45, 2.75) is 26.8 Å². The number of nitrogen functional groups attached to an aromatic ring is 1. The van der Waals surface area contributed by atoms with E-state index in [4.69, 9.17) is 5.73 Å². The summed E-state index contributed by atoms with van der Waals surface area (Å²) >= 11 is 3.21. The van der Waals surface area contributed by atoms with E-state index in [0.717, 1.165) is 12.1 Å². The fourth-order valence-corrected chi connectivity index (χ4v) is 2.77. The van der Waals surface area contributed by atoms with Crippen LogP contribution in [-0.4, -0.2) is 9.55 Å². The fraction of sp³-hybridized carbons (Fsp3) is 0.462. The van der Waals surface area contributed by atoms with E-state index in [1.165, 1.54) is 12.5 Å². The normalized spacial score (nSPS) is 21.4. The first-order chi connectivity index (χ1) is 8.38. The lowest BCUT2D eigenvalue weighted by Gasteiger charge is -2.08. The average Bonchev–Trinajstić information content (AvgIpc) is 2.76. The molecule has 1 aliphatic rings. The summed E-state index contributed by atoms with van der Waals surface area (Å²) < 4.78 is 15.9. The molecule has 0 saturated heterocycles. The highest BCUT2D eigenvalue weighted by Gasteiger charge is 2.45. The van der Waals surface area contributed by atoms with Gasteiger partial charge in [0.05, 0.1) is 15.5 Å². The Hall–Kier alpha value is -1.10. The van der Waals surface area contributed by atoms with E-state index in [1.54, 1.807) is 6.07 Å². The molecule has 96 valence electrons. The Balaban J connectivity index is 2.05. The number of halogens is 2. The van der Waals surface area contributed by atoms with Crippen LogP contribution in [0.4, 0.5) is 10.3 Å². The maximum absolute atomic E-state index is 13.5. The number of hydrogen-bond donors (Lipinski definition) is 1. The monoisotopic (exact) mass is 311 g/mol. The second-order valence-electron chi connectivity index (χ2n) is 5.73. The molecular weight excluding hydrogens is 297 g/mol. The molecule has 3 rings (SSSR count). The Morgan fingerprint density at radius 2 is 2.22 bits per heavy atom. The van der Waals surface area contributed by atoms with Gasteiger partial charge in [0.15, 0.2) is 0 Å². The molecule has 1 fully saturated rings. The molecule has 5 heteroatoms. The largest absolute Gasteiger partial charge is 0.369 e. The molecule has 0 amide bonds. The molecule has 1 aromatic carbocycles. The number of imidazole rings is 1. The van der Waals surface area contributed by atoms with E-state index < -0.39 is 0 Å². The van der Waals surface area contributed by atoms with Gasteiger partial charge in [-0.25, -0.2) is 9.37 Å². The summed E-state index contributed by atoms with van der Waals surface area (Å²) in [5.41, 5.74) is 7.83. The number of aromatic nitrogens is 2. The predicted molar refractivity (Wildman–Crippen MR) is 73.7 cm³/mol. The van der Waals surface area contributed by atoms with Crippen LogP contribution in [0, 0.1) is 17.2 Å². The summed E-state index contributed by atoms with van der Waals surface area (Å²) in [5.74, 6) is 0.783. The molecule has 1 heterocycles. The Kier molecular flexibility index (Phi) is 2.46. The third-order valence-corrected chi connectivity index (χ3v) is 4.55. The zero-order valence-corrected chi connectivity index (χ0v) is 12.0. The average molecular weight is 312 g/mol. The van der Waals surface area contributed by atoms with Gasteiger partial charge in [0.2, 0.25) is 5.95 Å². The van der Waals surface area contributed by atoms with E-state index in [0.29, 0.717) is 27.3 Å². The van der Waals surface area contributed by atoms with Gasteiger partial charge in [0, 0.05) is 12.6 Å². The minimum Gasteiger partial charge on any atom is -0.369 e. The highest BCUT2D eigenvalue weighted by atomic mass is 79.9. The molecule has 3 nitrogen and oxygen atoms in total. The van der Waals surface area contributed by atoms with E-state index in [2.05, 4.69) is 34.8 Å². The number of nitrogens with zero attached hydrogens (tertiary/aromatic N) is 2. The molecule has 0 radical (unpaired) electrons. The lowest BCUT2D eigenvalue weighted by atomic mass is 10.1. The van der Waals surface area contributed by atoms with Crippen molar-refractivity contribution in [2.75, 3.05) is 5.73 Å². The van der Waals surface area contributed by atoms with Gasteiger partial charge in [-0.2, -0.15) is 0 Å². The predicted octanol–water partition coefficient (Wildman–Crippen LogP) is 3.57. The smallest absolute Gasteiger partial charge is 0.201 e. The zero-order valence-electron chi connectivity index (χ0n) is 10.4. The van der Waals surface area contributed by atoms with Crippen LogP contribution in [0.15, 0.2) is 16.6 Å². The number of fused-ring (bicyclic) bond motifs is 1. The van der Waals surface area contributed by atoms with Crippen LogP contribution >= 0.6 is 15.9 Å². The van der Waals surface area contributed by atoms with E-state index in [9.17, 15) is 4.39 Å². The van der Waals surface area contributed by atoms with Crippen LogP contribution < -0.4 is 5.73 Å². The fourth-order valence-electron chi connectivity index (χ4n) is 2.44. The number of nitrogens with two attached hydrogens (primary N) is 1. The summed E-state index contributed by atoms with van der Waals surface area (Å²) in [7, 11) is 0. The molecule has 2 N–H and O–H groups in total. The van der Waals surface area contributed by atoms with Gasteiger partial charge in [-0.05, 0) is 39.8 Å². The number of hydrogen-bond acceptors (Lipinski definition) is 2. The highest BCUT2D eigenvalue weighted by molar-refractivity contribution is 9.10. The van der Waals surface area contributed by atoms with Crippen LogP contribution in [-0.2, 0) is 6.54 Å². The maximum atomic E-state index is 13.5. The van der Waals surface area contributed by atoms with Crippen molar-refractivity contribution >= 4 is 32.9 Å². The van der Waals surface area contributed by atoms with Gasteiger partial charge in [-0.3, -0.25) is 0 Å². The summed E-state index contributed by atoms with van der Waals surface area (Å²) in [6.07, 6.45) is 1.20. The summed E-state index contributed by atoms with van der Waals surface area (Å²) in [6.45, 7) is 5.36. The van der Waals surface area contributed by atoms with Crippen molar-refractivity contribution in [2.24, 2.45) is 11.3 Å². The minimum absolute atomic E-state index is 0.307. The molecule has 1 aromatic heterocycles. The van der Waals surface area contributed by atoms with Crippen LogP contribution in [0.1, 0.15) is 20.3 Å². The SMILES string of the molecule is CC1(C)CC1Cn1c(N)nc2cc(F)c(Br)cc21. The molecule has 2 aromatic rings. The Morgan fingerprint density at radius 1 is 1.56 bits per heavy atom. The van der Waals surface area contributed by atoms with Gasteiger partial charge < -0.3 is 10.3 Å². The minimum atomic E-state index is -0.307. The zero-order chi connectivity index (χ0) is 13.1. The summed E-state index contributed by atoms with van der Waals surface area (Å²) in [4.78, 5) is 4.22. The van der Waals surface area contributed by atoms with Crippen LogP contribution in [0.5, 0.6) is 0 Å². The first-order valence-electron chi connectivity index (χ1n) is 5.99. The van der Waals surface area contributed by atoms with E-state index >= 15 is 0 Å². The van der Waals surface area contributed by atoms with Crippen molar-refractivity contribution in [1.82, 2.24) is 9.55 Å². The van der Waals surface area contributed by atoms with Gasteiger partial charge >= 0.3 is 0 Å². The lowest BCUT2D eigenvalue weighted by Crippen LogP contribution is -2.07. The van der Waals surface area contributed by atoms with E-state index in [-0.39, 0.29) is 5.82 Å². The molecule has 18 heavy (non-hydrogen) atoms. The summed E-state index contributed by atoms with van der Waals surface area (Å²) in [6, 6.07) is 3.17. The van der Waals surface area contributed by atoms with Crippen molar-refractivity contribution in [3.63, 3.8) is 0 Å². The molecule has 1 saturated carbocycles. The van der Waals surface area contributed by atoms with Crippen LogP contribution in [0.25, 0.3) is 11.0 Å². The molecule has 1 unspecified atom stereocenters. The third kappa shape index (κ3) is 1.81. The van der Waals surface area contributed by atoms with Gasteiger partial charge in [-0.1, -0.05) is 13.8 Å². The molecule has 0 aliphatic heterocycles. The highest BCUT2D eigenvalue weighted by Crippen LogP contribution is 2.52. The third-order valence-electron chi connectivity index (χ3n) is 3.94. The van der Waals surface area contributed by atoms with Gasteiger partial charge in [0.1, 0.15) is 5.82 Å². The van der Waals surface area contributed by atoms with Crippen LogP contribution in [0.3, 0.4) is 0 Å². The second-order valence-corrected chi connectivity index (χ2v) is 6.58. The number of rotatable bonds is 2. The molecule has 1 atom stereocenters. The van der Waals surface area contributed by atoms with Crippen molar-refractivity contribution in [3.8, 4) is 0 Å². The molecule has 0 bridgehead atoms. The van der Waals surface area contributed by atoms with E-state index in [1.807, 2.05) is 4.57 Å². The lowest BCUT2D eigenvalue weighted by molar-refractivity contribution is 0.507. The van der Waals surface area contributed by atoms with Crippen molar-refractivity contribution in [3.05, 3.63) is 22.4 Å². The first kappa shape index (κ1) is 12.0. The standard InChI is InChI=1S/C13H15BrFN3/c1-13(2)5-7(13)6-18-11-3-8(14)9(15)4-10(11)17-12(18)16/h3-4,7H,5-6H2,1-2H3,(H2,16,17). The Labute approximate surface area is 113 Å². The van der Waals surface area contributed by atoms with Gasteiger partial charge in [0.25, 0.3) is 0 Å². The van der Waals surface area contributed by atoms with Crippen molar-refractivity contribution < 1.29 is 4.39 Å². The molecular formula is C13H15BrFN3. The first-order valence-corrected chi connectivity index (χ1v) is 6.78. The second kappa shape index (κ2) is 3.70. The van der Waals surface area contributed by atoms with Gasteiger partial charge in [-0.15, -0.1) is 0 Å². The maximum Gasteiger partial charge on any atom is 0.201 e. The number of anilines is 1. The van der Waals surface area contributed by atoms with Crippen LogP contribution in [0.2, 0.25) is 0 Å². The Morgan fingerprint density at radius 3 is 2.83 bits per heavy atom. The quantitative estimate of drug-likeness (QED) is 0.921. The molecule has 0 spiro atoms.